The Labute approximate surface area is 119 Å². The lowest BCUT2D eigenvalue weighted by molar-refractivity contribution is 0.00558. The number of benzene rings is 1. The highest BCUT2D eigenvalue weighted by molar-refractivity contribution is 5.96. The summed E-state index contributed by atoms with van der Waals surface area (Å²) in [7, 11) is 1.72. The molecule has 4 heteroatoms. The SMILES string of the molecule is COC(C)(C)CCOc1ccc(N)c2cnc(C)cc12. The molecule has 0 saturated heterocycles. The van der Waals surface area contributed by atoms with Gasteiger partial charge in [0.15, 0.2) is 0 Å². The molecular weight excluding hydrogens is 252 g/mol. The molecule has 0 saturated carbocycles. The average Bonchev–Trinajstić information content (AvgIpc) is 2.41. The maximum atomic E-state index is 5.98. The third kappa shape index (κ3) is 3.20. The van der Waals surface area contributed by atoms with Crippen LogP contribution in [0.4, 0.5) is 5.69 Å². The van der Waals surface area contributed by atoms with Gasteiger partial charge in [-0.15, -0.1) is 0 Å². The Bertz CT molecular complexity index is 609. The first-order valence-electron chi connectivity index (χ1n) is 6.76. The van der Waals surface area contributed by atoms with E-state index in [9.17, 15) is 0 Å². The Morgan fingerprint density at radius 2 is 2.00 bits per heavy atom. The average molecular weight is 274 g/mol. The van der Waals surface area contributed by atoms with E-state index in [1.165, 1.54) is 0 Å². The molecule has 0 spiro atoms. The molecule has 1 aromatic heterocycles. The van der Waals surface area contributed by atoms with Gasteiger partial charge in [0.1, 0.15) is 5.75 Å². The maximum absolute atomic E-state index is 5.98. The molecule has 0 unspecified atom stereocenters. The quantitative estimate of drug-likeness (QED) is 0.850. The number of rotatable bonds is 5. The second kappa shape index (κ2) is 5.67. The van der Waals surface area contributed by atoms with Crippen LogP contribution >= 0.6 is 0 Å². The van der Waals surface area contributed by atoms with Crippen molar-refractivity contribution in [1.29, 1.82) is 0 Å². The Balaban J connectivity index is 2.22. The predicted molar refractivity (Wildman–Crippen MR) is 82.1 cm³/mol. The molecule has 0 radical (unpaired) electrons. The van der Waals surface area contributed by atoms with Gasteiger partial charge in [0.25, 0.3) is 0 Å². The van der Waals surface area contributed by atoms with Gasteiger partial charge in [-0.1, -0.05) is 0 Å². The number of pyridine rings is 1. The molecule has 108 valence electrons. The molecule has 2 N–H and O–H groups in total. The minimum absolute atomic E-state index is 0.179. The van der Waals surface area contributed by atoms with Gasteiger partial charge in [0, 0.05) is 41.9 Å². The normalized spacial score (nSPS) is 11.8. The highest BCUT2D eigenvalue weighted by atomic mass is 16.5. The highest BCUT2D eigenvalue weighted by Crippen LogP contribution is 2.30. The Hall–Kier alpha value is -1.81. The molecule has 4 nitrogen and oxygen atoms in total. The molecule has 1 aromatic carbocycles. The van der Waals surface area contributed by atoms with Crippen molar-refractivity contribution >= 4 is 16.5 Å². The molecule has 1 heterocycles. The summed E-state index contributed by atoms with van der Waals surface area (Å²) in [4.78, 5) is 4.29. The van der Waals surface area contributed by atoms with E-state index in [0.29, 0.717) is 6.61 Å². The third-order valence-electron chi connectivity index (χ3n) is 3.55. The molecule has 2 rings (SSSR count). The van der Waals surface area contributed by atoms with Gasteiger partial charge in [-0.3, -0.25) is 4.98 Å². The van der Waals surface area contributed by atoms with Crippen LogP contribution in [0.1, 0.15) is 26.0 Å². The van der Waals surface area contributed by atoms with Crippen molar-refractivity contribution < 1.29 is 9.47 Å². The molecule has 0 amide bonds. The number of nitrogen functional groups attached to an aromatic ring is 1. The smallest absolute Gasteiger partial charge is 0.127 e. The van der Waals surface area contributed by atoms with E-state index in [0.717, 1.165) is 34.3 Å². The first kappa shape index (κ1) is 14.6. The van der Waals surface area contributed by atoms with Gasteiger partial charge >= 0.3 is 0 Å². The Kier molecular flexibility index (Phi) is 4.14. The van der Waals surface area contributed by atoms with Crippen molar-refractivity contribution in [2.45, 2.75) is 32.8 Å². The number of hydrogen-bond acceptors (Lipinski definition) is 4. The van der Waals surface area contributed by atoms with Gasteiger partial charge < -0.3 is 15.2 Å². The van der Waals surface area contributed by atoms with E-state index in [1.807, 2.05) is 39.0 Å². The molecule has 0 aliphatic rings. The fourth-order valence-electron chi connectivity index (χ4n) is 1.97. The summed E-state index contributed by atoms with van der Waals surface area (Å²) in [6, 6.07) is 5.77. The number of fused-ring (bicyclic) bond motifs is 1. The minimum Gasteiger partial charge on any atom is -0.493 e. The van der Waals surface area contributed by atoms with Crippen LogP contribution in [0.25, 0.3) is 10.8 Å². The number of methoxy groups -OCH3 is 1. The van der Waals surface area contributed by atoms with Crippen LogP contribution < -0.4 is 10.5 Å². The van der Waals surface area contributed by atoms with E-state index in [-0.39, 0.29) is 5.60 Å². The molecular formula is C16H22N2O2. The van der Waals surface area contributed by atoms with E-state index < -0.39 is 0 Å². The monoisotopic (exact) mass is 274 g/mol. The molecule has 0 aliphatic carbocycles. The van der Waals surface area contributed by atoms with Gasteiger partial charge in [0.2, 0.25) is 0 Å². The zero-order valence-corrected chi connectivity index (χ0v) is 12.6. The summed E-state index contributed by atoms with van der Waals surface area (Å²) in [6.45, 7) is 6.65. The summed E-state index contributed by atoms with van der Waals surface area (Å²) in [5.41, 5.74) is 7.47. The fourth-order valence-corrected chi connectivity index (χ4v) is 1.97. The summed E-state index contributed by atoms with van der Waals surface area (Å²) >= 11 is 0. The van der Waals surface area contributed by atoms with Crippen molar-refractivity contribution in [3.8, 4) is 5.75 Å². The van der Waals surface area contributed by atoms with E-state index >= 15 is 0 Å². The number of nitrogens with two attached hydrogens (primary N) is 1. The van der Waals surface area contributed by atoms with Crippen LogP contribution in [0.5, 0.6) is 5.75 Å². The predicted octanol–water partition coefficient (Wildman–Crippen LogP) is 3.32. The number of aryl methyl sites for hydroxylation is 1. The van der Waals surface area contributed by atoms with Crippen molar-refractivity contribution in [1.82, 2.24) is 4.98 Å². The van der Waals surface area contributed by atoms with Crippen molar-refractivity contribution in [2.24, 2.45) is 0 Å². The van der Waals surface area contributed by atoms with Gasteiger partial charge in [-0.25, -0.2) is 0 Å². The zero-order valence-electron chi connectivity index (χ0n) is 12.6. The van der Waals surface area contributed by atoms with Gasteiger partial charge in [0.05, 0.1) is 12.2 Å². The summed E-state index contributed by atoms with van der Waals surface area (Å²) in [5, 5.41) is 1.94. The van der Waals surface area contributed by atoms with Crippen LogP contribution in [-0.4, -0.2) is 24.3 Å². The summed E-state index contributed by atoms with van der Waals surface area (Å²) < 4.78 is 11.3. The molecule has 2 aromatic rings. The molecule has 0 atom stereocenters. The molecule has 20 heavy (non-hydrogen) atoms. The maximum Gasteiger partial charge on any atom is 0.127 e. The van der Waals surface area contributed by atoms with Crippen molar-refractivity contribution in [3.63, 3.8) is 0 Å². The highest BCUT2D eigenvalue weighted by Gasteiger charge is 2.16. The minimum atomic E-state index is -0.179. The Morgan fingerprint density at radius 1 is 1.25 bits per heavy atom. The lowest BCUT2D eigenvalue weighted by atomic mass is 10.1. The summed E-state index contributed by atoms with van der Waals surface area (Å²) in [6.07, 6.45) is 2.62. The number of aromatic nitrogens is 1. The number of anilines is 1. The van der Waals surface area contributed by atoms with Crippen LogP contribution in [0.15, 0.2) is 24.4 Å². The second-order valence-electron chi connectivity index (χ2n) is 5.59. The number of ether oxygens (including phenoxy) is 2. The third-order valence-corrected chi connectivity index (χ3v) is 3.55. The fraction of sp³-hybridized carbons (Fsp3) is 0.438. The molecule has 0 fully saturated rings. The van der Waals surface area contributed by atoms with E-state index in [1.54, 1.807) is 13.3 Å². The summed E-state index contributed by atoms with van der Waals surface area (Å²) in [5.74, 6) is 0.839. The lowest BCUT2D eigenvalue weighted by Crippen LogP contribution is -2.25. The first-order valence-corrected chi connectivity index (χ1v) is 6.76. The second-order valence-corrected chi connectivity index (χ2v) is 5.59. The van der Waals surface area contributed by atoms with Crippen LogP contribution in [0, 0.1) is 6.92 Å². The van der Waals surface area contributed by atoms with Crippen LogP contribution in [-0.2, 0) is 4.74 Å². The topological polar surface area (TPSA) is 57.4 Å². The van der Waals surface area contributed by atoms with E-state index in [4.69, 9.17) is 15.2 Å². The van der Waals surface area contributed by atoms with E-state index in [2.05, 4.69) is 4.98 Å². The van der Waals surface area contributed by atoms with Crippen molar-refractivity contribution in [3.05, 3.63) is 30.1 Å². The standard InChI is InChI=1S/C16H22N2O2/c1-11-9-12-13(10-18-11)14(17)5-6-15(12)20-8-7-16(2,3)19-4/h5-6,9-10H,7-8,17H2,1-4H3. The van der Waals surface area contributed by atoms with Crippen molar-refractivity contribution in [2.75, 3.05) is 19.5 Å². The van der Waals surface area contributed by atoms with Gasteiger partial charge in [-0.05, 0) is 39.0 Å². The largest absolute Gasteiger partial charge is 0.493 e. The van der Waals surface area contributed by atoms with Crippen LogP contribution in [0.2, 0.25) is 0 Å². The zero-order chi connectivity index (χ0) is 14.8. The number of hydrogen-bond donors (Lipinski definition) is 1. The first-order chi connectivity index (χ1) is 9.43. The van der Waals surface area contributed by atoms with Gasteiger partial charge in [-0.2, -0.15) is 0 Å². The van der Waals surface area contributed by atoms with Crippen LogP contribution in [0.3, 0.4) is 0 Å². The lowest BCUT2D eigenvalue weighted by Gasteiger charge is -2.23. The molecule has 0 bridgehead atoms. The number of nitrogens with zero attached hydrogens (tertiary/aromatic N) is 1. The Morgan fingerprint density at radius 3 is 2.70 bits per heavy atom. The molecule has 0 aliphatic heterocycles.